The molecule has 0 bridgehead atoms. The fraction of sp³-hybridized carbons (Fsp3) is 0.190. The van der Waals surface area contributed by atoms with Crippen molar-refractivity contribution in [3.63, 3.8) is 0 Å². The summed E-state index contributed by atoms with van der Waals surface area (Å²) in [5.74, 6) is -0.319. The van der Waals surface area contributed by atoms with Crippen molar-refractivity contribution in [2.24, 2.45) is 0 Å². The highest BCUT2D eigenvalue weighted by Gasteiger charge is 2.14. The predicted molar refractivity (Wildman–Crippen MR) is 114 cm³/mol. The number of carbonyl (C=O) groups excluding carboxylic acids is 1. The van der Waals surface area contributed by atoms with Crippen LogP contribution in [0, 0.1) is 11.3 Å². The lowest BCUT2D eigenvalue weighted by molar-refractivity contribution is -0.116. The number of aromatic nitrogens is 1. The van der Waals surface area contributed by atoms with Crippen molar-refractivity contribution in [3.8, 4) is 17.3 Å². The van der Waals surface area contributed by atoms with Crippen LogP contribution in [0.4, 0.5) is 5.13 Å². The number of rotatable bonds is 8. The molecule has 0 saturated carbocycles. The summed E-state index contributed by atoms with van der Waals surface area (Å²) in [5.41, 5.74) is 2.88. The Hall–Kier alpha value is -3.02. The average molecular weight is 426 g/mol. The van der Waals surface area contributed by atoms with Crippen LogP contribution in [0.1, 0.15) is 24.0 Å². The monoisotopic (exact) mass is 425 g/mol. The number of nitriles is 1. The van der Waals surface area contributed by atoms with Crippen LogP contribution in [0.2, 0.25) is 0 Å². The Morgan fingerprint density at radius 1 is 1.10 bits per heavy atom. The zero-order chi connectivity index (χ0) is 20.7. The number of benzene rings is 2. The highest BCUT2D eigenvalue weighted by Crippen LogP contribution is 2.25. The molecule has 1 aromatic heterocycles. The molecule has 29 heavy (non-hydrogen) atoms. The van der Waals surface area contributed by atoms with Gasteiger partial charge in [-0.15, -0.1) is 11.3 Å². The Balaban J connectivity index is 1.48. The van der Waals surface area contributed by atoms with E-state index >= 15 is 0 Å². The summed E-state index contributed by atoms with van der Waals surface area (Å²) in [5, 5.41) is 13.8. The van der Waals surface area contributed by atoms with Crippen molar-refractivity contribution in [1.82, 2.24) is 4.98 Å². The van der Waals surface area contributed by atoms with Crippen molar-refractivity contribution in [3.05, 3.63) is 71.1 Å². The van der Waals surface area contributed by atoms with Gasteiger partial charge in [0.1, 0.15) is 0 Å². The van der Waals surface area contributed by atoms with Crippen LogP contribution in [0.25, 0.3) is 11.3 Å². The lowest BCUT2D eigenvalue weighted by atomic mass is 10.1. The summed E-state index contributed by atoms with van der Waals surface area (Å²) < 4.78 is 24.4. The number of hydrogen-bond acceptors (Lipinski definition) is 6. The molecule has 148 valence electrons. The van der Waals surface area contributed by atoms with Gasteiger partial charge >= 0.3 is 0 Å². The molecular formula is C21H19N3O3S2. The molecule has 3 aromatic rings. The highest BCUT2D eigenvalue weighted by molar-refractivity contribution is 7.90. The summed E-state index contributed by atoms with van der Waals surface area (Å²) in [6, 6.07) is 18.1. The van der Waals surface area contributed by atoms with Gasteiger partial charge in [0.2, 0.25) is 5.91 Å². The lowest BCUT2D eigenvalue weighted by Crippen LogP contribution is -2.15. The number of hydrogen-bond donors (Lipinski definition) is 1. The Morgan fingerprint density at radius 2 is 1.83 bits per heavy atom. The van der Waals surface area contributed by atoms with Gasteiger partial charge in [0.15, 0.2) is 15.0 Å². The first-order valence-electron chi connectivity index (χ1n) is 8.95. The van der Waals surface area contributed by atoms with E-state index in [9.17, 15) is 13.2 Å². The van der Waals surface area contributed by atoms with Crippen molar-refractivity contribution < 1.29 is 13.2 Å². The van der Waals surface area contributed by atoms with E-state index in [4.69, 9.17) is 5.26 Å². The normalized spacial score (nSPS) is 11.0. The molecule has 0 spiro atoms. The maximum absolute atomic E-state index is 12.2. The molecule has 2 aromatic carbocycles. The second-order valence-corrected chi connectivity index (χ2v) is 9.50. The van der Waals surface area contributed by atoms with Gasteiger partial charge in [0.05, 0.1) is 28.8 Å². The first-order valence-corrected chi connectivity index (χ1v) is 11.7. The first kappa shape index (κ1) is 20.7. The SMILES string of the molecule is N#Cc1ccc(-c2csc(NC(=O)CCCS(=O)(=O)Cc3ccccc3)n2)cc1. The predicted octanol–water partition coefficient (Wildman–Crippen LogP) is 4.02. The van der Waals surface area contributed by atoms with E-state index in [0.717, 1.165) is 11.1 Å². The second-order valence-electron chi connectivity index (χ2n) is 6.46. The third-order valence-corrected chi connectivity index (χ3v) is 6.59. The van der Waals surface area contributed by atoms with Gasteiger partial charge < -0.3 is 5.32 Å². The largest absolute Gasteiger partial charge is 0.302 e. The van der Waals surface area contributed by atoms with E-state index < -0.39 is 9.84 Å². The van der Waals surface area contributed by atoms with Crippen LogP contribution in [0.3, 0.4) is 0 Å². The molecule has 3 rings (SSSR count). The Morgan fingerprint density at radius 3 is 2.52 bits per heavy atom. The van der Waals surface area contributed by atoms with Gasteiger partial charge in [0, 0.05) is 17.4 Å². The smallest absolute Gasteiger partial charge is 0.226 e. The molecule has 0 atom stereocenters. The molecule has 0 saturated heterocycles. The zero-order valence-electron chi connectivity index (χ0n) is 15.5. The van der Waals surface area contributed by atoms with Gasteiger partial charge in [-0.2, -0.15) is 5.26 Å². The fourth-order valence-electron chi connectivity index (χ4n) is 2.71. The third-order valence-electron chi connectivity index (χ3n) is 4.15. The molecule has 6 nitrogen and oxygen atoms in total. The van der Waals surface area contributed by atoms with Crippen molar-refractivity contribution in [1.29, 1.82) is 5.26 Å². The molecule has 1 N–H and O–H groups in total. The van der Waals surface area contributed by atoms with Crippen molar-refractivity contribution in [2.75, 3.05) is 11.1 Å². The molecule has 0 aliphatic rings. The van der Waals surface area contributed by atoms with E-state index in [-0.39, 0.29) is 30.3 Å². The minimum Gasteiger partial charge on any atom is -0.302 e. The minimum atomic E-state index is -3.26. The standard InChI is InChI=1S/C21H19N3O3S2/c22-13-16-8-10-18(11-9-16)19-14-28-21(23-19)24-20(25)7-4-12-29(26,27)15-17-5-2-1-3-6-17/h1-3,5-6,8-11,14H,4,7,12,15H2,(H,23,24,25). The van der Waals surface area contributed by atoms with Crippen LogP contribution in [0.15, 0.2) is 60.0 Å². The number of thiazole rings is 1. The van der Waals surface area contributed by atoms with Gasteiger partial charge in [-0.05, 0) is 24.1 Å². The lowest BCUT2D eigenvalue weighted by Gasteiger charge is -2.05. The minimum absolute atomic E-state index is 0.0180. The van der Waals surface area contributed by atoms with Crippen LogP contribution < -0.4 is 5.32 Å². The number of amides is 1. The Labute approximate surface area is 173 Å². The van der Waals surface area contributed by atoms with Gasteiger partial charge in [-0.3, -0.25) is 4.79 Å². The molecule has 0 aliphatic carbocycles. The van der Waals surface area contributed by atoms with Crippen LogP contribution in [-0.2, 0) is 20.4 Å². The van der Waals surface area contributed by atoms with E-state index in [1.54, 1.807) is 48.5 Å². The maximum Gasteiger partial charge on any atom is 0.226 e. The molecule has 1 heterocycles. The molecule has 8 heteroatoms. The fourth-order valence-corrected chi connectivity index (χ4v) is 4.88. The molecule has 0 fully saturated rings. The molecule has 0 unspecified atom stereocenters. The molecule has 1 amide bonds. The average Bonchev–Trinajstić information content (AvgIpc) is 3.16. The van der Waals surface area contributed by atoms with E-state index in [1.165, 1.54) is 11.3 Å². The molecule has 0 aliphatic heterocycles. The zero-order valence-corrected chi connectivity index (χ0v) is 17.2. The summed E-state index contributed by atoms with van der Waals surface area (Å²) >= 11 is 1.30. The van der Waals surface area contributed by atoms with Gasteiger partial charge in [-0.1, -0.05) is 42.5 Å². The maximum atomic E-state index is 12.2. The Bertz CT molecular complexity index is 1120. The Kier molecular flexibility index (Phi) is 6.75. The van der Waals surface area contributed by atoms with E-state index in [2.05, 4.69) is 16.4 Å². The third kappa shape index (κ3) is 6.24. The summed E-state index contributed by atoms with van der Waals surface area (Å²) in [6.07, 6.45) is 0.370. The highest BCUT2D eigenvalue weighted by atomic mass is 32.2. The topological polar surface area (TPSA) is 99.9 Å². The van der Waals surface area contributed by atoms with Crippen LogP contribution in [0.5, 0.6) is 0 Å². The first-order chi connectivity index (χ1) is 13.9. The number of sulfone groups is 1. The quantitative estimate of drug-likeness (QED) is 0.588. The van der Waals surface area contributed by atoms with Crippen molar-refractivity contribution >= 4 is 32.2 Å². The summed E-state index contributed by atoms with van der Waals surface area (Å²) in [6.45, 7) is 0. The molecule has 0 radical (unpaired) electrons. The summed E-state index contributed by atoms with van der Waals surface area (Å²) in [7, 11) is -3.26. The number of carbonyl (C=O) groups is 1. The number of anilines is 1. The van der Waals surface area contributed by atoms with E-state index in [1.807, 2.05) is 11.4 Å². The van der Waals surface area contributed by atoms with Crippen LogP contribution in [-0.4, -0.2) is 25.1 Å². The van der Waals surface area contributed by atoms with Crippen molar-refractivity contribution in [2.45, 2.75) is 18.6 Å². The van der Waals surface area contributed by atoms with Crippen LogP contribution >= 0.6 is 11.3 Å². The van der Waals surface area contributed by atoms with E-state index in [0.29, 0.717) is 16.4 Å². The number of nitrogens with one attached hydrogen (secondary N) is 1. The van der Waals surface area contributed by atoms with Gasteiger partial charge in [-0.25, -0.2) is 13.4 Å². The second kappa shape index (κ2) is 9.45. The van der Waals surface area contributed by atoms with Gasteiger partial charge in [0.25, 0.3) is 0 Å². The molecular weight excluding hydrogens is 406 g/mol. The number of nitrogens with zero attached hydrogens (tertiary/aromatic N) is 2. The summed E-state index contributed by atoms with van der Waals surface area (Å²) in [4.78, 5) is 16.5.